The minimum absolute atomic E-state index is 0.0781. The summed E-state index contributed by atoms with van der Waals surface area (Å²) in [7, 11) is 1.46. The van der Waals surface area contributed by atoms with Crippen LogP contribution in [0.15, 0.2) is 125 Å². The second-order valence-electron chi connectivity index (χ2n) is 8.82. The van der Waals surface area contributed by atoms with Crippen LogP contribution in [-0.4, -0.2) is 25.2 Å². The van der Waals surface area contributed by atoms with Gasteiger partial charge in [-0.3, -0.25) is 4.79 Å². The van der Waals surface area contributed by atoms with Crippen LogP contribution in [0.1, 0.15) is 32.0 Å². The SMILES string of the molecule is COc1cc(C=NNC(=O)c2ccc(COc3ccccc3-c3ccccc3)cc2)ccc1OC(=O)c1ccco1. The molecule has 0 bridgehead atoms. The maximum atomic E-state index is 12.6. The van der Waals surface area contributed by atoms with E-state index in [0.717, 1.165) is 22.4 Å². The lowest BCUT2D eigenvalue weighted by Gasteiger charge is -2.12. The van der Waals surface area contributed by atoms with Gasteiger partial charge in [-0.05, 0) is 65.2 Å². The van der Waals surface area contributed by atoms with Crippen molar-refractivity contribution in [3.05, 3.63) is 138 Å². The number of methoxy groups -OCH3 is 1. The number of hydrogen-bond acceptors (Lipinski definition) is 7. The molecule has 0 spiro atoms. The van der Waals surface area contributed by atoms with E-state index < -0.39 is 5.97 Å². The summed E-state index contributed by atoms with van der Waals surface area (Å²) >= 11 is 0. The molecule has 1 amide bonds. The first-order valence-corrected chi connectivity index (χ1v) is 12.7. The Balaban J connectivity index is 1.16. The Kier molecular flexibility index (Phi) is 8.51. The van der Waals surface area contributed by atoms with Crippen LogP contribution in [0.5, 0.6) is 17.2 Å². The number of carbonyl (C=O) groups excluding carboxylic acids is 2. The molecule has 0 saturated heterocycles. The van der Waals surface area contributed by atoms with Crippen molar-refractivity contribution >= 4 is 18.1 Å². The minimum atomic E-state index is -0.642. The summed E-state index contributed by atoms with van der Waals surface area (Å²) in [5.74, 6) is 0.410. The standard InChI is InChI=1S/C33H26N2O6/c1-38-31-20-24(15-18-29(31)41-33(37)30-12-7-19-39-30)21-34-35-32(36)26-16-13-23(14-17-26)22-40-28-11-6-5-10-27(28)25-8-3-2-4-9-25/h2-21H,22H2,1H3,(H,35,36). The van der Waals surface area contributed by atoms with Crippen molar-refractivity contribution in [2.24, 2.45) is 5.10 Å². The number of rotatable bonds is 10. The number of amides is 1. The summed E-state index contributed by atoms with van der Waals surface area (Å²) in [6.07, 6.45) is 2.85. The van der Waals surface area contributed by atoms with Crippen molar-refractivity contribution in [2.45, 2.75) is 6.61 Å². The van der Waals surface area contributed by atoms with Crippen molar-refractivity contribution < 1.29 is 28.2 Å². The van der Waals surface area contributed by atoms with Crippen LogP contribution in [0.25, 0.3) is 11.1 Å². The van der Waals surface area contributed by atoms with Crippen molar-refractivity contribution in [2.75, 3.05) is 7.11 Å². The molecule has 0 aliphatic rings. The normalized spacial score (nSPS) is 10.8. The van der Waals surface area contributed by atoms with Gasteiger partial charge in [-0.25, -0.2) is 10.2 Å². The lowest BCUT2D eigenvalue weighted by molar-refractivity contribution is 0.0696. The number of para-hydroxylation sites is 1. The summed E-state index contributed by atoms with van der Waals surface area (Å²) in [4.78, 5) is 24.7. The van der Waals surface area contributed by atoms with E-state index in [1.165, 1.54) is 25.7 Å². The number of benzene rings is 4. The summed E-state index contributed by atoms with van der Waals surface area (Å²) < 4.78 is 21.8. The van der Waals surface area contributed by atoms with Crippen molar-refractivity contribution in [3.8, 4) is 28.4 Å². The van der Waals surface area contributed by atoms with Crippen LogP contribution in [0.4, 0.5) is 0 Å². The Morgan fingerprint density at radius 3 is 2.37 bits per heavy atom. The molecular formula is C33H26N2O6. The van der Waals surface area contributed by atoms with Gasteiger partial charge in [0.1, 0.15) is 12.4 Å². The van der Waals surface area contributed by atoms with Gasteiger partial charge in [0.2, 0.25) is 5.76 Å². The minimum Gasteiger partial charge on any atom is -0.493 e. The molecule has 1 heterocycles. The molecule has 0 aliphatic carbocycles. The highest BCUT2D eigenvalue weighted by Crippen LogP contribution is 2.30. The quantitative estimate of drug-likeness (QED) is 0.0927. The zero-order valence-corrected chi connectivity index (χ0v) is 22.2. The summed E-state index contributed by atoms with van der Waals surface area (Å²) in [6, 6.07) is 33.1. The molecule has 0 saturated carbocycles. The number of carbonyl (C=O) groups is 2. The Morgan fingerprint density at radius 2 is 1.61 bits per heavy atom. The number of furan rings is 1. The maximum Gasteiger partial charge on any atom is 0.379 e. The fourth-order valence-corrected chi connectivity index (χ4v) is 3.99. The molecule has 8 heteroatoms. The van der Waals surface area contributed by atoms with Gasteiger partial charge in [0, 0.05) is 11.1 Å². The first-order chi connectivity index (χ1) is 20.1. The molecular weight excluding hydrogens is 520 g/mol. The fraction of sp³-hybridized carbons (Fsp3) is 0.0606. The van der Waals surface area contributed by atoms with Crippen LogP contribution >= 0.6 is 0 Å². The van der Waals surface area contributed by atoms with Gasteiger partial charge in [-0.15, -0.1) is 0 Å². The number of nitrogens with one attached hydrogen (secondary N) is 1. The summed E-state index contributed by atoms with van der Waals surface area (Å²) in [5.41, 5.74) is 6.62. The lowest BCUT2D eigenvalue weighted by Crippen LogP contribution is -2.17. The van der Waals surface area contributed by atoms with Crippen LogP contribution in [-0.2, 0) is 6.61 Å². The Labute approximate surface area is 236 Å². The molecule has 4 aromatic carbocycles. The van der Waals surface area contributed by atoms with E-state index in [-0.39, 0.29) is 17.4 Å². The third kappa shape index (κ3) is 6.88. The summed E-state index contributed by atoms with van der Waals surface area (Å²) in [5, 5.41) is 4.03. The maximum absolute atomic E-state index is 12.6. The number of hydrazone groups is 1. The molecule has 0 unspecified atom stereocenters. The molecule has 204 valence electrons. The van der Waals surface area contributed by atoms with Gasteiger partial charge >= 0.3 is 5.97 Å². The molecule has 5 aromatic rings. The molecule has 0 fully saturated rings. The third-order valence-corrected chi connectivity index (χ3v) is 6.07. The van der Waals surface area contributed by atoms with Gasteiger partial charge in [-0.1, -0.05) is 60.7 Å². The first kappa shape index (κ1) is 27.0. The molecule has 5 rings (SSSR count). The molecule has 8 nitrogen and oxygen atoms in total. The van der Waals surface area contributed by atoms with E-state index in [1.807, 2.05) is 66.7 Å². The Morgan fingerprint density at radius 1 is 0.829 bits per heavy atom. The predicted molar refractivity (Wildman–Crippen MR) is 154 cm³/mol. The largest absolute Gasteiger partial charge is 0.493 e. The number of ether oxygens (including phenoxy) is 3. The van der Waals surface area contributed by atoms with Gasteiger partial charge in [-0.2, -0.15) is 5.10 Å². The van der Waals surface area contributed by atoms with Crippen molar-refractivity contribution in [3.63, 3.8) is 0 Å². The number of hydrogen-bond donors (Lipinski definition) is 1. The van der Waals surface area contributed by atoms with Gasteiger partial charge < -0.3 is 18.6 Å². The second kappa shape index (κ2) is 12.9. The van der Waals surface area contributed by atoms with Gasteiger partial charge in [0.05, 0.1) is 19.6 Å². The van der Waals surface area contributed by atoms with Crippen molar-refractivity contribution in [1.29, 1.82) is 0 Å². The zero-order valence-electron chi connectivity index (χ0n) is 22.2. The number of esters is 1. The topological polar surface area (TPSA) is 99.4 Å². The highest BCUT2D eigenvalue weighted by Gasteiger charge is 2.15. The molecule has 0 aliphatic heterocycles. The highest BCUT2D eigenvalue weighted by molar-refractivity contribution is 5.95. The van der Waals surface area contributed by atoms with Crippen LogP contribution in [0, 0.1) is 0 Å². The van der Waals surface area contributed by atoms with E-state index in [1.54, 1.807) is 36.4 Å². The number of nitrogens with zero attached hydrogens (tertiary/aromatic N) is 1. The first-order valence-electron chi connectivity index (χ1n) is 12.7. The average Bonchev–Trinajstić information content (AvgIpc) is 3.57. The zero-order chi connectivity index (χ0) is 28.4. The molecule has 0 atom stereocenters. The van der Waals surface area contributed by atoms with Crippen LogP contribution in [0.2, 0.25) is 0 Å². The molecule has 1 aromatic heterocycles. The third-order valence-electron chi connectivity index (χ3n) is 6.07. The molecule has 41 heavy (non-hydrogen) atoms. The van der Waals surface area contributed by atoms with Gasteiger partial charge in [0.15, 0.2) is 11.5 Å². The van der Waals surface area contributed by atoms with E-state index in [0.29, 0.717) is 23.5 Å². The lowest BCUT2D eigenvalue weighted by atomic mass is 10.0. The monoisotopic (exact) mass is 546 g/mol. The Bertz CT molecular complexity index is 1650. The fourth-order valence-electron chi connectivity index (χ4n) is 3.99. The Hall–Kier alpha value is -5.63. The van der Waals surface area contributed by atoms with E-state index >= 15 is 0 Å². The molecule has 1 N–H and O–H groups in total. The highest BCUT2D eigenvalue weighted by atomic mass is 16.6. The molecule has 0 radical (unpaired) electrons. The van der Waals surface area contributed by atoms with Crippen LogP contribution < -0.4 is 19.6 Å². The van der Waals surface area contributed by atoms with Crippen molar-refractivity contribution in [1.82, 2.24) is 5.43 Å². The predicted octanol–water partition coefficient (Wildman–Crippen LogP) is 6.52. The smallest absolute Gasteiger partial charge is 0.379 e. The van der Waals surface area contributed by atoms with Gasteiger partial charge in [0.25, 0.3) is 5.91 Å². The van der Waals surface area contributed by atoms with E-state index in [2.05, 4.69) is 10.5 Å². The van der Waals surface area contributed by atoms with E-state index in [9.17, 15) is 9.59 Å². The second-order valence-corrected chi connectivity index (χ2v) is 8.82. The van der Waals surface area contributed by atoms with E-state index in [4.69, 9.17) is 18.6 Å². The average molecular weight is 547 g/mol. The van der Waals surface area contributed by atoms with Crippen LogP contribution in [0.3, 0.4) is 0 Å². The summed E-state index contributed by atoms with van der Waals surface area (Å²) in [6.45, 7) is 0.360.